The molecule has 0 radical (unpaired) electrons. The lowest BCUT2D eigenvalue weighted by Crippen LogP contribution is -2.43. The Morgan fingerprint density at radius 3 is 2.33 bits per heavy atom. The zero-order chi connectivity index (χ0) is 18.9. The van der Waals surface area contributed by atoms with E-state index in [0.29, 0.717) is 12.8 Å². The molecule has 0 fully saturated rings. The first-order valence-corrected chi connectivity index (χ1v) is 8.97. The lowest BCUT2D eigenvalue weighted by molar-refractivity contribution is -0.145. The highest BCUT2D eigenvalue weighted by Gasteiger charge is 2.45. The van der Waals surface area contributed by atoms with Crippen LogP contribution in [0.25, 0.3) is 10.9 Å². The number of benzene rings is 2. The first kappa shape index (κ1) is 17.2. The highest BCUT2D eigenvalue weighted by atomic mass is 16.4. The van der Waals surface area contributed by atoms with Crippen LogP contribution >= 0.6 is 0 Å². The minimum atomic E-state index is -0.957. The van der Waals surface area contributed by atoms with Crippen molar-refractivity contribution in [3.63, 3.8) is 0 Å². The van der Waals surface area contributed by atoms with E-state index in [9.17, 15) is 14.7 Å². The van der Waals surface area contributed by atoms with E-state index in [0.717, 1.165) is 27.7 Å². The number of hydrogen-bond donors (Lipinski definition) is 2. The molecule has 2 aromatic carbocycles. The summed E-state index contributed by atoms with van der Waals surface area (Å²) in [4.78, 5) is 29.0. The maximum atomic E-state index is 13.0. The number of aliphatic carboxylic acids is 1. The Morgan fingerprint density at radius 2 is 1.63 bits per heavy atom. The number of rotatable bonds is 5. The van der Waals surface area contributed by atoms with Crippen molar-refractivity contribution in [2.24, 2.45) is 5.41 Å². The smallest absolute Gasteiger partial charge is 0.304 e. The van der Waals surface area contributed by atoms with Gasteiger partial charge in [0.05, 0.1) is 29.6 Å². The van der Waals surface area contributed by atoms with E-state index in [1.54, 1.807) is 0 Å². The zero-order valence-corrected chi connectivity index (χ0v) is 14.8. The Bertz CT molecular complexity index is 1000. The predicted molar refractivity (Wildman–Crippen MR) is 102 cm³/mol. The second-order valence-electron chi connectivity index (χ2n) is 7.15. The number of carboxylic acid groups (broad SMARTS) is 1. The minimum absolute atomic E-state index is 0.182. The molecule has 4 rings (SSSR count). The Labute approximate surface area is 157 Å². The molecule has 1 amide bonds. The summed E-state index contributed by atoms with van der Waals surface area (Å²) in [7, 11) is 0. The van der Waals surface area contributed by atoms with Crippen molar-refractivity contribution in [1.29, 1.82) is 0 Å². The number of carbonyl (C=O) groups is 2. The van der Waals surface area contributed by atoms with Crippen LogP contribution in [0.4, 0.5) is 0 Å². The summed E-state index contributed by atoms with van der Waals surface area (Å²) in [6, 6.07) is 19.4. The lowest BCUT2D eigenvalue weighted by atomic mass is 9.80. The van der Waals surface area contributed by atoms with Crippen molar-refractivity contribution in [3.05, 3.63) is 77.5 Å². The summed E-state index contributed by atoms with van der Waals surface area (Å²) in [5.74, 6) is -1.18. The van der Waals surface area contributed by atoms with Crippen LogP contribution in [0.5, 0.6) is 0 Å². The number of pyridine rings is 1. The third-order valence-electron chi connectivity index (χ3n) is 5.23. The van der Waals surface area contributed by atoms with Crippen LogP contribution in [-0.4, -0.2) is 22.0 Å². The van der Waals surface area contributed by atoms with Gasteiger partial charge < -0.3 is 10.4 Å². The van der Waals surface area contributed by atoms with Crippen LogP contribution < -0.4 is 5.32 Å². The van der Waals surface area contributed by atoms with Gasteiger partial charge in [0.2, 0.25) is 5.91 Å². The second kappa shape index (κ2) is 6.83. The third kappa shape index (κ3) is 3.40. The maximum absolute atomic E-state index is 13.0. The van der Waals surface area contributed by atoms with Gasteiger partial charge in [0.1, 0.15) is 0 Å². The number of nitrogens with one attached hydrogen (secondary N) is 1. The van der Waals surface area contributed by atoms with E-state index < -0.39 is 11.4 Å². The second-order valence-corrected chi connectivity index (χ2v) is 7.15. The molecule has 5 heteroatoms. The predicted octanol–water partition coefficient (Wildman–Crippen LogP) is 3.11. The Kier molecular flexibility index (Phi) is 4.36. The molecule has 3 aromatic rings. The summed E-state index contributed by atoms with van der Waals surface area (Å²) in [5.41, 5.74) is 2.79. The molecule has 27 heavy (non-hydrogen) atoms. The first-order valence-electron chi connectivity index (χ1n) is 8.97. The molecule has 0 aliphatic heterocycles. The van der Waals surface area contributed by atoms with Crippen LogP contribution in [0.2, 0.25) is 0 Å². The van der Waals surface area contributed by atoms with Gasteiger partial charge in [0.15, 0.2) is 0 Å². The number of aromatic nitrogens is 1. The molecule has 0 atom stereocenters. The van der Waals surface area contributed by atoms with Gasteiger partial charge in [-0.3, -0.25) is 14.6 Å². The fourth-order valence-corrected chi connectivity index (χ4v) is 3.91. The van der Waals surface area contributed by atoms with Crippen LogP contribution in [0.1, 0.15) is 23.2 Å². The number of hydrogen-bond acceptors (Lipinski definition) is 3. The average molecular weight is 360 g/mol. The highest BCUT2D eigenvalue weighted by Crippen LogP contribution is 2.40. The van der Waals surface area contributed by atoms with Crippen LogP contribution in [-0.2, 0) is 29.0 Å². The fourth-order valence-electron chi connectivity index (χ4n) is 3.91. The Morgan fingerprint density at radius 1 is 0.963 bits per heavy atom. The molecule has 136 valence electrons. The standard InChI is InChI=1S/C22H20N2O3/c25-20(26)13-22(11-16-6-1-2-7-17(16)12-22)21(27)23-14-18-10-9-15-5-3-4-8-19(15)24-18/h1-10H,11-14H2,(H,23,27)(H,25,26). The van der Waals surface area contributed by atoms with E-state index in [1.165, 1.54) is 0 Å². The molecule has 0 unspecified atom stereocenters. The van der Waals surface area contributed by atoms with Crippen LogP contribution in [0.3, 0.4) is 0 Å². The van der Waals surface area contributed by atoms with Crippen molar-refractivity contribution < 1.29 is 14.7 Å². The summed E-state index contributed by atoms with van der Waals surface area (Å²) in [6.07, 6.45) is 0.720. The quantitative estimate of drug-likeness (QED) is 0.733. The lowest BCUT2D eigenvalue weighted by Gasteiger charge is -2.26. The Balaban J connectivity index is 1.53. The normalized spacial score (nSPS) is 14.7. The number of fused-ring (bicyclic) bond motifs is 2. The van der Waals surface area contributed by atoms with Crippen molar-refractivity contribution in [2.45, 2.75) is 25.8 Å². The van der Waals surface area contributed by atoms with Gasteiger partial charge in [-0.1, -0.05) is 48.5 Å². The van der Waals surface area contributed by atoms with Crippen LogP contribution in [0, 0.1) is 5.41 Å². The molecule has 2 N–H and O–H groups in total. The maximum Gasteiger partial charge on any atom is 0.304 e. The van der Waals surface area contributed by atoms with Crippen molar-refractivity contribution in [3.8, 4) is 0 Å². The third-order valence-corrected chi connectivity index (χ3v) is 5.23. The Hall–Kier alpha value is -3.21. The van der Waals surface area contributed by atoms with Crippen molar-refractivity contribution in [2.75, 3.05) is 0 Å². The van der Waals surface area contributed by atoms with Gasteiger partial charge in [-0.25, -0.2) is 0 Å². The minimum Gasteiger partial charge on any atom is -0.481 e. The summed E-state index contributed by atoms with van der Waals surface area (Å²) < 4.78 is 0. The summed E-state index contributed by atoms with van der Waals surface area (Å²) in [5, 5.41) is 13.3. The molecular formula is C22H20N2O3. The van der Waals surface area contributed by atoms with E-state index in [1.807, 2.05) is 60.7 Å². The van der Waals surface area contributed by atoms with Gasteiger partial charge in [-0.15, -0.1) is 0 Å². The number of carbonyl (C=O) groups excluding carboxylic acids is 1. The van der Waals surface area contributed by atoms with Gasteiger partial charge in [-0.05, 0) is 36.1 Å². The van der Waals surface area contributed by atoms with Gasteiger partial charge in [0.25, 0.3) is 0 Å². The highest BCUT2D eigenvalue weighted by molar-refractivity contribution is 5.88. The molecule has 0 saturated heterocycles. The zero-order valence-electron chi connectivity index (χ0n) is 14.8. The van der Waals surface area contributed by atoms with E-state index in [-0.39, 0.29) is 18.9 Å². The number of nitrogens with zero attached hydrogens (tertiary/aromatic N) is 1. The molecule has 1 heterocycles. The molecule has 0 bridgehead atoms. The van der Waals surface area contributed by atoms with Gasteiger partial charge >= 0.3 is 5.97 Å². The monoisotopic (exact) mass is 360 g/mol. The fraction of sp³-hybridized carbons (Fsp3) is 0.227. The molecule has 0 saturated carbocycles. The average Bonchev–Trinajstić information content (AvgIpc) is 3.04. The van der Waals surface area contributed by atoms with E-state index in [2.05, 4.69) is 10.3 Å². The van der Waals surface area contributed by atoms with Crippen molar-refractivity contribution in [1.82, 2.24) is 10.3 Å². The van der Waals surface area contributed by atoms with Crippen LogP contribution in [0.15, 0.2) is 60.7 Å². The number of para-hydroxylation sites is 1. The molecular weight excluding hydrogens is 340 g/mol. The first-order chi connectivity index (χ1) is 13.1. The van der Waals surface area contributed by atoms with Gasteiger partial charge in [-0.2, -0.15) is 0 Å². The molecule has 0 spiro atoms. The molecule has 1 aromatic heterocycles. The topological polar surface area (TPSA) is 79.3 Å². The SMILES string of the molecule is O=C(O)CC1(C(=O)NCc2ccc3ccccc3n2)Cc2ccccc2C1. The summed E-state index contributed by atoms with van der Waals surface area (Å²) in [6.45, 7) is 0.279. The molecule has 5 nitrogen and oxygen atoms in total. The number of carboxylic acids is 1. The molecule has 1 aliphatic carbocycles. The largest absolute Gasteiger partial charge is 0.481 e. The van der Waals surface area contributed by atoms with Gasteiger partial charge in [0, 0.05) is 5.39 Å². The molecule has 1 aliphatic rings. The van der Waals surface area contributed by atoms with Crippen molar-refractivity contribution >= 4 is 22.8 Å². The van der Waals surface area contributed by atoms with E-state index >= 15 is 0 Å². The summed E-state index contributed by atoms with van der Waals surface area (Å²) >= 11 is 0. The number of amides is 1. The van der Waals surface area contributed by atoms with E-state index in [4.69, 9.17) is 0 Å².